The fourth-order valence-electron chi connectivity index (χ4n) is 2.77. The molecule has 0 bridgehead atoms. The van der Waals surface area contributed by atoms with Crippen molar-refractivity contribution in [1.29, 1.82) is 0 Å². The molecule has 2 nitrogen and oxygen atoms in total. The third-order valence-electron chi connectivity index (χ3n) is 3.68. The number of benzene rings is 1. The summed E-state index contributed by atoms with van der Waals surface area (Å²) in [5.74, 6) is 3.68. The van der Waals surface area contributed by atoms with E-state index in [0.29, 0.717) is 6.04 Å². The number of hydrogen-bond acceptors (Lipinski definition) is 3. The summed E-state index contributed by atoms with van der Waals surface area (Å²) in [6.45, 7) is 5.26. The molecule has 98 valence electrons. The molecule has 0 aromatic heterocycles. The van der Waals surface area contributed by atoms with Crippen molar-refractivity contribution < 1.29 is 4.74 Å². The van der Waals surface area contributed by atoms with Gasteiger partial charge in [0.15, 0.2) is 0 Å². The fourth-order valence-corrected chi connectivity index (χ4v) is 3.96. The van der Waals surface area contributed by atoms with Gasteiger partial charge in [0.25, 0.3) is 0 Å². The summed E-state index contributed by atoms with van der Waals surface area (Å²) < 4.78 is 6.10. The van der Waals surface area contributed by atoms with Crippen LogP contribution in [-0.2, 0) is 13.0 Å². The normalized spacial score (nSPS) is 24.9. The van der Waals surface area contributed by atoms with Gasteiger partial charge in [0.05, 0.1) is 0 Å². The van der Waals surface area contributed by atoms with E-state index < -0.39 is 0 Å². The summed E-state index contributed by atoms with van der Waals surface area (Å²) in [5.41, 5.74) is 2.64. The number of thioether (sulfide) groups is 1. The van der Waals surface area contributed by atoms with E-state index in [4.69, 9.17) is 4.74 Å². The molecule has 0 saturated carbocycles. The second kappa shape index (κ2) is 4.78. The van der Waals surface area contributed by atoms with Crippen molar-refractivity contribution in [2.75, 3.05) is 11.5 Å². The Morgan fingerprint density at radius 3 is 3.11 bits per heavy atom. The number of ether oxygens (including phenoxy) is 1. The predicted molar refractivity (Wildman–Crippen MR) is 77.4 cm³/mol. The van der Waals surface area contributed by atoms with Crippen LogP contribution < -0.4 is 10.1 Å². The summed E-state index contributed by atoms with van der Waals surface area (Å²) in [6.07, 6.45) is 2.32. The minimum atomic E-state index is -0.0400. The Morgan fingerprint density at radius 2 is 2.33 bits per heavy atom. The summed E-state index contributed by atoms with van der Waals surface area (Å²) in [6, 6.07) is 7.22. The van der Waals surface area contributed by atoms with Crippen molar-refractivity contribution in [1.82, 2.24) is 5.32 Å². The molecule has 3 rings (SSSR count). The Morgan fingerprint density at radius 1 is 1.44 bits per heavy atom. The number of fused-ring (bicyclic) bond motifs is 1. The molecule has 1 fully saturated rings. The second-order valence-electron chi connectivity index (χ2n) is 5.89. The predicted octanol–water partition coefficient (Wildman–Crippen LogP) is 3.00. The third kappa shape index (κ3) is 2.52. The Kier molecular flexibility index (Phi) is 3.29. The number of rotatable bonds is 3. The first kappa shape index (κ1) is 12.4. The lowest BCUT2D eigenvalue weighted by molar-refractivity contribution is 0.137. The van der Waals surface area contributed by atoms with E-state index in [0.717, 1.165) is 18.7 Å². The van der Waals surface area contributed by atoms with E-state index in [1.165, 1.54) is 29.1 Å². The number of nitrogens with one attached hydrogen (secondary N) is 1. The highest BCUT2D eigenvalue weighted by molar-refractivity contribution is 7.99. The first-order valence-electron chi connectivity index (χ1n) is 6.75. The SMILES string of the molecule is CC1(C)Cc2cccc(CNC3CCSC3)c2O1. The quantitative estimate of drug-likeness (QED) is 0.906. The van der Waals surface area contributed by atoms with Crippen LogP contribution in [-0.4, -0.2) is 23.1 Å². The molecule has 2 aliphatic heterocycles. The summed E-state index contributed by atoms with van der Waals surface area (Å²) in [7, 11) is 0. The van der Waals surface area contributed by atoms with E-state index >= 15 is 0 Å². The molecule has 0 amide bonds. The summed E-state index contributed by atoms with van der Waals surface area (Å²) in [5, 5.41) is 3.65. The zero-order chi connectivity index (χ0) is 12.6. The van der Waals surface area contributed by atoms with Gasteiger partial charge in [-0.15, -0.1) is 0 Å². The van der Waals surface area contributed by atoms with E-state index in [-0.39, 0.29) is 5.60 Å². The van der Waals surface area contributed by atoms with Gasteiger partial charge < -0.3 is 10.1 Å². The molecule has 2 heterocycles. The highest BCUT2D eigenvalue weighted by Crippen LogP contribution is 2.37. The van der Waals surface area contributed by atoms with Crippen molar-refractivity contribution in [3.63, 3.8) is 0 Å². The molecule has 18 heavy (non-hydrogen) atoms. The van der Waals surface area contributed by atoms with Crippen LogP contribution in [0.5, 0.6) is 5.75 Å². The maximum absolute atomic E-state index is 6.10. The Labute approximate surface area is 113 Å². The van der Waals surface area contributed by atoms with Crippen LogP contribution >= 0.6 is 11.8 Å². The van der Waals surface area contributed by atoms with Crippen LogP contribution in [0.3, 0.4) is 0 Å². The molecular formula is C15H21NOS. The standard InChI is InChI=1S/C15H21NOS/c1-15(2)8-11-4-3-5-12(14(11)17-15)9-16-13-6-7-18-10-13/h3-5,13,16H,6-10H2,1-2H3. The van der Waals surface area contributed by atoms with Crippen molar-refractivity contribution in [3.05, 3.63) is 29.3 Å². The second-order valence-corrected chi connectivity index (χ2v) is 7.04. The van der Waals surface area contributed by atoms with Gasteiger partial charge in [-0.05, 0) is 31.6 Å². The van der Waals surface area contributed by atoms with Gasteiger partial charge >= 0.3 is 0 Å². The fraction of sp³-hybridized carbons (Fsp3) is 0.600. The molecule has 1 atom stereocenters. The van der Waals surface area contributed by atoms with Crippen LogP contribution in [0.25, 0.3) is 0 Å². The Balaban J connectivity index is 1.72. The number of para-hydroxylation sites is 1. The van der Waals surface area contributed by atoms with Crippen molar-refractivity contribution in [3.8, 4) is 5.75 Å². The molecule has 1 N–H and O–H groups in total. The summed E-state index contributed by atoms with van der Waals surface area (Å²) >= 11 is 2.05. The van der Waals surface area contributed by atoms with Crippen molar-refractivity contribution >= 4 is 11.8 Å². The maximum atomic E-state index is 6.10. The minimum Gasteiger partial charge on any atom is -0.487 e. The molecule has 0 aliphatic carbocycles. The van der Waals surface area contributed by atoms with E-state index in [2.05, 4.69) is 37.4 Å². The Bertz CT molecular complexity index is 438. The molecule has 1 aromatic carbocycles. The molecule has 1 aromatic rings. The molecule has 1 saturated heterocycles. The van der Waals surface area contributed by atoms with Crippen LogP contribution in [0.4, 0.5) is 0 Å². The molecule has 3 heteroatoms. The van der Waals surface area contributed by atoms with Gasteiger partial charge in [0.1, 0.15) is 11.4 Å². The van der Waals surface area contributed by atoms with Gasteiger partial charge in [-0.3, -0.25) is 0 Å². The van der Waals surface area contributed by atoms with Gasteiger partial charge in [0, 0.05) is 30.3 Å². The molecule has 0 radical (unpaired) electrons. The number of hydrogen-bond donors (Lipinski definition) is 1. The van der Waals surface area contributed by atoms with Crippen LogP contribution in [0, 0.1) is 0 Å². The first-order chi connectivity index (χ1) is 8.64. The topological polar surface area (TPSA) is 21.3 Å². The highest BCUT2D eigenvalue weighted by Gasteiger charge is 2.31. The lowest BCUT2D eigenvalue weighted by Gasteiger charge is -2.19. The zero-order valence-corrected chi connectivity index (χ0v) is 12.0. The lowest BCUT2D eigenvalue weighted by Crippen LogP contribution is -2.28. The third-order valence-corrected chi connectivity index (χ3v) is 4.85. The van der Waals surface area contributed by atoms with Gasteiger partial charge in [0.2, 0.25) is 0 Å². The van der Waals surface area contributed by atoms with Gasteiger partial charge in [-0.25, -0.2) is 0 Å². The monoisotopic (exact) mass is 263 g/mol. The van der Waals surface area contributed by atoms with Crippen molar-refractivity contribution in [2.45, 2.75) is 44.9 Å². The molecule has 1 unspecified atom stereocenters. The molecular weight excluding hydrogens is 242 g/mol. The van der Waals surface area contributed by atoms with E-state index in [1.54, 1.807) is 0 Å². The van der Waals surface area contributed by atoms with Crippen LogP contribution in [0.15, 0.2) is 18.2 Å². The molecule has 2 aliphatic rings. The van der Waals surface area contributed by atoms with Crippen LogP contribution in [0.1, 0.15) is 31.4 Å². The van der Waals surface area contributed by atoms with E-state index in [1.807, 2.05) is 11.8 Å². The maximum Gasteiger partial charge on any atom is 0.127 e. The zero-order valence-electron chi connectivity index (χ0n) is 11.2. The van der Waals surface area contributed by atoms with E-state index in [9.17, 15) is 0 Å². The summed E-state index contributed by atoms with van der Waals surface area (Å²) in [4.78, 5) is 0. The lowest BCUT2D eigenvalue weighted by atomic mass is 10.0. The highest BCUT2D eigenvalue weighted by atomic mass is 32.2. The first-order valence-corrected chi connectivity index (χ1v) is 7.90. The molecule has 0 spiro atoms. The van der Waals surface area contributed by atoms with Crippen molar-refractivity contribution in [2.24, 2.45) is 0 Å². The average molecular weight is 263 g/mol. The average Bonchev–Trinajstić information content (AvgIpc) is 2.91. The van der Waals surface area contributed by atoms with Gasteiger partial charge in [-0.2, -0.15) is 11.8 Å². The Hall–Kier alpha value is -0.670. The van der Waals surface area contributed by atoms with Gasteiger partial charge in [-0.1, -0.05) is 18.2 Å². The minimum absolute atomic E-state index is 0.0400. The van der Waals surface area contributed by atoms with Crippen LogP contribution in [0.2, 0.25) is 0 Å². The smallest absolute Gasteiger partial charge is 0.127 e. The largest absolute Gasteiger partial charge is 0.487 e.